The van der Waals surface area contributed by atoms with E-state index in [9.17, 15) is 24.3 Å². The topological polar surface area (TPSA) is 295 Å². The van der Waals surface area contributed by atoms with Crippen LogP contribution in [0.5, 0.6) is 0 Å². The van der Waals surface area contributed by atoms with E-state index in [4.69, 9.17) is 28.7 Å². The van der Waals surface area contributed by atoms with Gasteiger partial charge >= 0.3 is 5.97 Å². The summed E-state index contributed by atoms with van der Waals surface area (Å²) in [4.78, 5) is 62.7. The average molecular weight is 616 g/mol. The lowest BCUT2D eigenvalue weighted by atomic mass is 10.0. The zero-order chi connectivity index (χ0) is 32.8. The highest BCUT2D eigenvalue weighted by atomic mass is 16.4. The molecule has 16 nitrogen and oxygen atoms in total. The molecule has 0 fully saturated rings. The highest BCUT2D eigenvalue weighted by Crippen LogP contribution is 2.19. The summed E-state index contributed by atoms with van der Waals surface area (Å²) in [5.41, 5.74) is 29.0. The van der Waals surface area contributed by atoms with Crippen LogP contribution in [0.25, 0.3) is 10.9 Å². The van der Waals surface area contributed by atoms with Crippen molar-refractivity contribution in [2.24, 2.45) is 44.6 Å². The largest absolute Gasteiger partial charge is 0.480 e. The fraction of sp³-hybridized carbons (Fsp3) is 0.500. The van der Waals surface area contributed by atoms with Crippen LogP contribution in [0, 0.1) is 5.92 Å². The van der Waals surface area contributed by atoms with Crippen molar-refractivity contribution in [3.8, 4) is 0 Å². The quantitative estimate of drug-likeness (QED) is 0.0517. The molecule has 242 valence electrons. The number of benzene rings is 1. The van der Waals surface area contributed by atoms with Crippen molar-refractivity contribution < 1.29 is 24.3 Å². The summed E-state index contributed by atoms with van der Waals surface area (Å²) in [5, 5.41) is 18.4. The van der Waals surface area contributed by atoms with Crippen LogP contribution < -0.4 is 44.6 Å². The van der Waals surface area contributed by atoms with Crippen LogP contribution in [0.2, 0.25) is 0 Å². The van der Waals surface area contributed by atoms with E-state index >= 15 is 0 Å². The van der Waals surface area contributed by atoms with E-state index in [1.807, 2.05) is 24.3 Å². The molecule has 44 heavy (non-hydrogen) atoms. The number of nitrogens with zero attached hydrogens (tertiary/aromatic N) is 2. The van der Waals surface area contributed by atoms with Crippen molar-refractivity contribution in [3.63, 3.8) is 0 Å². The Labute approximate surface area is 255 Å². The van der Waals surface area contributed by atoms with Gasteiger partial charge in [0.1, 0.15) is 18.1 Å². The number of aromatic nitrogens is 1. The molecule has 0 aliphatic heterocycles. The lowest BCUT2D eigenvalue weighted by molar-refractivity contribution is -0.143. The zero-order valence-electron chi connectivity index (χ0n) is 25.1. The number of H-pyrrole nitrogens is 1. The second-order valence-electron chi connectivity index (χ2n) is 10.8. The van der Waals surface area contributed by atoms with Gasteiger partial charge in [0.05, 0.1) is 6.04 Å². The van der Waals surface area contributed by atoms with Crippen molar-refractivity contribution in [1.82, 2.24) is 20.9 Å². The number of para-hydroxylation sites is 1. The lowest BCUT2D eigenvalue weighted by Crippen LogP contribution is -2.58. The maximum atomic E-state index is 13.6. The molecule has 1 heterocycles. The second kappa shape index (κ2) is 17.3. The number of amides is 3. The fourth-order valence-electron chi connectivity index (χ4n) is 4.47. The first kappa shape index (κ1) is 35.3. The van der Waals surface area contributed by atoms with Gasteiger partial charge in [0.25, 0.3) is 0 Å². The Morgan fingerprint density at radius 2 is 1.41 bits per heavy atom. The third-order valence-electron chi connectivity index (χ3n) is 6.85. The fourth-order valence-corrected chi connectivity index (χ4v) is 4.47. The molecule has 0 aliphatic carbocycles. The van der Waals surface area contributed by atoms with Crippen LogP contribution in [0.1, 0.15) is 45.1 Å². The van der Waals surface area contributed by atoms with E-state index in [0.29, 0.717) is 12.8 Å². The van der Waals surface area contributed by atoms with Gasteiger partial charge in [-0.05, 0) is 43.2 Å². The zero-order valence-corrected chi connectivity index (χ0v) is 25.1. The molecule has 16 heteroatoms. The van der Waals surface area contributed by atoms with E-state index in [1.165, 1.54) is 0 Å². The molecular formula is C28H45N11O5. The summed E-state index contributed by atoms with van der Waals surface area (Å²) in [7, 11) is 0. The molecule has 0 saturated carbocycles. The molecule has 2 rings (SSSR count). The van der Waals surface area contributed by atoms with E-state index in [-0.39, 0.29) is 44.3 Å². The smallest absolute Gasteiger partial charge is 0.326 e. The summed E-state index contributed by atoms with van der Waals surface area (Å²) in [6, 6.07) is 3.03. The van der Waals surface area contributed by atoms with Crippen LogP contribution in [0.15, 0.2) is 40.4 Å². The van der Waals surface area contributed by atoms with Crippen molar-refractivity contribution in [2.45, 2.75) is 70.1 Å². The molecular weight excluding hydrogens is 570 g/mol. The summed E-state index contributed by atoms with van der Waals surface area (Å²) in [6.45, 7) is 3.80. The van der Waals surface area contributed by atoms with Crippen LogP contribution in [0.3, 0.4) is 0 Å². The minimum atomic E-state index is -1.20. The van der Waals surface area contributed by atoms with Gasteiger partial charge in [0.15, 0.2) is 11.9 Å². The minimum absolute atomic E-state index is 0.0466. The first-order valence-corrected chi connectivity index (χ1v) is 14.3. The SMILES string of the molecule is CC(C)C(NC(=O)C(Cc1c[nH]c2ccccc12)NC(=O)C(CCCN=C(N)N)NC(=O)C(N)CCCN=C(N)N)C(=O)O. The van der Waals surface area contributed by atoms with Gasteiger partial charge in [0, 0.05) is 36.6 Å². The molecule has 3 amide bonds. The predicted molar refractivity (Wildman–Crippen MR) is 168 cm³/mol. The number of aliphatic imine (C=N–C) groups is 2. The maximum absolute atomic E-state index is 13.6. The number of carbonyl (C=O) groups excluding carboxylic acids is 3. The standard InChI is InChI=1S/C28H45N11O5/c1-15(2)22(26(43)44)39-25(42)21(13-16-14-36-19-9-4-3-7-17(16)19)38-24(41)20(10-6-12-35-28(32)33)37-23(40)18(29)8-5-11-34-27(30)31/h3-4,7,9,14-15,18,20-22,36H,5-6,8,10-13,29H2,1-2H3,(H,37,40)(H,38,41)(H,39,42)(H,43,44)(H4,30,31,34)(H4,32,33,35). The number of aliphatic carboxylic acids is 1. The van der Waals surface area contributed by atoms with Gasteiger partial charge in [-0.3, -0.25) is 24.4 Å². The number of nitrogens with one attached hydrogen (secondary N) is 4. The van der Waals surface area contributed by atoms with Gasteiger partial charge < -0.3 is 54.7 Å². The number of fused-ring (bicyclic) bond motifs is 1. The predicted octanol–water partition coefficient (Wildman–Crippen LogP) is -1.66. The van der Waals surface area contributed by atoms with E-state index in [1.54, 1.807) is 20.0 Å². The van der Waals surface area contributed by atoms with Gasteiger partial charge in [0.2, 0.25) is 17.7 Å². The summed E-state index contributed by atoms with van der Waals surface area (Å²) < 4.78 is 0. The van der Waals surface area contributed by atoms with Gasteiger partial charge in [-0.15, -0.1) is 0 Å². The second-order valence-corrected chi connectivity index (χ2v) is 10.8. The van der Waals surface area contributed by atoms with Crippen molar-refractivity contribution in [3.05, 3.63) is 36.0 Å². The van der Waals surface area contributed by atoms with Crippen LogP contribution >= 0.6 is 0 Å². The average Bonchev–Trinajstić information content (AvgIpc) is 3.36. The molecule has 0 bridgehead atoms. The molecule has 1 aromatic heterocycles. The van der Waals surface area contributed by atoms with Gasteiger partial charge in [-0.1, -0.05) is 32.0 Å². The number of rotatable bonds is 18. The number of carbonyl (C=O) groups is 4. The number of hydrogen-bond donors (Lipinski definition) is 10. The van der Waals surface area contributed by atoms with E-state index in [2.05, 4.69) is 30.9 Å². The molecule has 2 aromatic rings. The monoisotopic (exact) mass is 615 g/mol. The Morgan fingerprint density at radius 1 is 0.841 bits per heavy atom. The normalized spacial score (nSPS) is 13.7. The van der Waals surface area contributed by atoms with Gasteiger partial charge in [-0.25, -0.2) is 4.79 Å². The summed E-state index contributed by atoms with van der Waals surface area (Å²) in [6.07, 6.45) is 2.91. The van der Waals surface area contributed by atoms with E-state index < -0.39 is 53.8 Å². The third kappa shape index (κ3) is 11.4. The first-order chi connectivity index (χ1) is 20.8. The molecule has 0 saturated heterocycles. The number of hydrogen-bond acceptors (Lipinski definition) is 7. The van der Waals surface area contributed by atoms with Crippen LogP contribution in [-0.2, 0) is 25.6 Å². The third-order valence-corrected chi connectivity index (χ3v) is 6.85. The van der Waals surface area contributed by atoms with Crippen LogP contribution in [-0.4, -0.2) is 83.0 Å². The Hall–Kier alpha value is -4.86. The Morgan fingerprint density at radius 3 is 2.00 bits per heavy atom. The number of carboxylic acids is 1. The first-order valence-electron chi connectivity index (χ1n) is 14.3. The molecule has 15 N–H and O–H groups in total. The Bertz CT molecular complexity index is 1330. The minimum Gasteiger partial charge on any atom is -0.480 e. The number of nitrogens with two attached hydrogens (primary N) is 5. The number of guanidine groups is 2. The molecule has 4 atom stereocenters. The summed E-state index contributed by atoms with van der Waals surface area (Å²) in [5.74, 6) is -3.75. The molecule has 0 spiro atoms. The Balaban J connectivity index is 2.29. The van der Waals surface area contributed by atoms with E-state index in [0.717, 1.165) is 16.5 Å². The highest BCUT2D eigenvalue weighted by Gasteiger charge is 2.32. The van der Waals surface area contributed by atoms with Gasteiger partial charge in [-0.2, -0.15) is 0 Å². The Kier molecular flexibility index (Phi) is 13.9. The molecule has 0 radical (unpaired) electrons. The molecule has 0 aliphatic rings. The molecule has 1 aromatic carbocycles. The number of aromatic amines is 1. The maximum Gasteiger partial charge on any atom is 0.326 e. The summed E-state index contributed by atoms with van der Waals surface area (Å²) >= 11 is 0. The molecule has 4 unspecified atom stereocenters. The highest BCUT2D eigenvalue weighted by molar-refractivity contribution is 5.95. The van der Waals surface area contributed by atoms with Crippen molar-refractivity contribution in [1.29, 1.82) is 0 Å². The van der Waals surface area contributed by atoms with Crippen molar-refractivity contribution in [2.75, 3.05) is 13.1 Å². The number of carboxylic acid groups (broad SMARTS) is 1. The van der Waals surface area contributed by atoms with Crippen LogP contribution in [0.4, 0.5) is 0 Å². The van der Waals surface area contributed by atoms with Crippen molar-refractivity contribution >= 4 is 46.5 Å². The lowest BCUT2D eigenvalue weighted by Gasteiger charge is -2.26.